The van der Waals surface area contributed by atoms with E-state index in [0.29, 0.717) is 0 Å². The maximum absolute atomic E-state index is 5.43. The maximum Gasteiger partial charge on any atom is 0.137 e. The Morgan fingerprint density at radius 2 is 2.25 bits per heavy atom. The minimum Gasteiger partial charge on any atom is -0.464 e. The average Bonchev–Trinajstić information content (AvgIpc) is 2.49. The van der Waals surface area contributed by atoms with E-state index in [1.165, 1.54) is 16.5 Å². The summed E-state index contributed by atoms with van der Waals surface area (Å²) < 4.78 is 5.43. The lowest BCUT2D eigenvalue weighted by atomic mass is 10.1. The zero-order chi connectivity index (χ0) is 8.55. The molecule has 0 bridgehead atoms. The van der Waals surface area contributed by atoms with Crippen LogP contribution in [0.15, 0.2) is 28.9 Å². The van der Waals surface area contributed by atoms with E-state index in [4.69, 9.17) is 4.42 Å². The Labute approximate surface area is 72.0 Å². The third-order valence-electron chi connectivity index (χ3n) is 2.15. The zero-order valence-electron chi connectivity index (χ0n) is 7.13. The number of hydrogen-bond acceptors (Lipinski definition) is 1. The molecule has 0 amide bonds. The van der Waals surface area contributed by atoms with Gasteiger partial charge in [-0.3, -0.25) is 0 Å². The van der Waals surface area contributed by atoms with Gasteiger partial charge >= 0.3 is 0 Å². The number of benzene rings is 1. The molecule has 0 fully saturated rings. The fourth-order valence-corrected chi connectivity index (χ4v) is 1.45. The molecule has 1 nitrogen and oxygen atoms in total. The molecule has 1 radical (unpaired) electrons. The Bertz CT molecular complexity index is 398. The first-order chi connectivity index (χ1) is 5.83. The predicted octanol–water partition coefficient (Wildman–Crippen LogP) is 3.12. The summed E-state index contributed by atoms with van der Waals surface area (Å²) in [5.41, 5.74) is 3.37. The molecule has 0 saturated carbocycles. The topological polar surface area (TPSA) is 13.1 Å². The molecule has 1 heterocycles. The van der Waals surface area contributed by atoms with Crippen LogP contribution in [0.25, 0.3) is 11.0 Å². The molecular weight excluding hydrogens is 148 g/mol. The maximum atomic E-state index is 5.43. The van der Waals surface area contributed by atoms with Gasteiger partial charge < -0.3 is 4.42 Å². The first kappa shape index (κ1) is 7.41. The molecule has 61 valence electrons. The van der Waals surface area contributed by atoms with Crippen LogP contribution in [0, 0.1) is 13.8 Å². The van der Waals surface area contributed by atoms with Gasteiger partial charge in [-0.1, -0.05) is 18.2 Å². The van der Waals surface area contributed by atoms with Gasteiger partial charge in [0.1, 0.15) is 5.58 Å². The van der Waals surface area contributed by atoms with Gasteiger partial charge in [0.15, 0.2) is 0 Å². The molecule has 12 heavy (non-hydrogen) atoms. The van der Waals surface area contributed by atoms with Crippen LogP contribution in [0.2, 0.25) is 0 Å². The van der Waals surface area contributed by atoms with E-state index in [-0.39, 0.29) is 0 Å². The third kappa shape index (κ3) is 0.934. The Morgan fingerprint density at radius 3 is 3.00 bits per heavy atom. The highest BCUT2D eigenvalue weighted by atomic mass is 16.3. The van der Waals surface area contributed by atoms with Gasteiger partial charge in [0.25, 0.3) is 0 Å². The van der Waals surface area contributed by atoms with Gasteiger partial charge in [0.2, 0.25) is 0 Å². The van der Waals surface area contributed by atoms with Crippen molar-refractivity contribution in [2.75, 3.05) is 0 Å². The highest BCUT2D eigenvalue weighted by Gasteiger charge is 2.04. The van der Waals surface area contributed by atoms with Crippen molar-refractivity contribution in [1.82, 2.24) is 0 Å². The highest BCUT2D eigenvalue weighted by molar-refractivity contribution is 5.83. The van der Waals surface area contributed by atoms with Crippen LogP contribution in [-0.2, 0) is 6.42 Å². The van der Waals surface area contributed by atoms with Gasteiger partial charge in [0, 0.05) is 5.39 Å². The summed E-state index contributed by atoms with van der Waals surface area (Å²) in [6, 6.07) is 6.18. The third-order valence-corrected chi connectivity index (χ3v) is 2.15. The number of furan rings is 1. The number of hydrogen-bond donors (Lipinski definition) is 0. The second kappa shape index (κ2) is 2.67. The minimum atomic E-state index is 0.788. The Balaban J connectivity index is 2.80. The van der Waals surface area contributed by atoms with E-state index < -0.39 is 0 Å². The molecule has 1 heteroatoms. The molecule has 0 aliphatic rings. The van der Waals surface area contributed by atoms with Crippen LogP contribution in [0.4, 0.5) is 0 Å². The van der Waals surface area contributed by atoms with Gasteiger partial charge in [-0.25, -0.2) is 0 Å². The Hall–Kier alpha value is -1.24. The number of para-hydroxylation sites is 1. The molecule has 0 aliphatic carbocycles. The van der Waals surface area contributed by atoms with Gasteiger partial charge in [0.05, 0.1) is 6.26 Å². The van der Waals surface area contributed by atoms with Gasteiger partial charge in [-0.05, 0) is 31.4 Å². The average molecular weight is 159 g/mol. The summed E-state index contributed by atoms with van der Waals surface area (Å²) in [7, 11) is 0. The van der Waals surface area contributed by atoms with Crippen LogP contribution < -0.4 is 0 Å². The van der Waals surface area contributed by atoms with E-state index >= 15 is 0 Å². The first-order valence-electron chi connectivity index (χ1n) is 4.08. The Kier molecular flexibility index (Phi) is 1.65. The van der Waals surface area contributed by atoms with E-state index in [9.17, 15) is 0 Å². The summed E-state index contributed by atoms with van der Waals surface area (Å²) in [4.78, 5) is 0. The van der Waals surface area contributed by atoms with Crippen LogP contribution in [0.5, 0.6) is 0 Å². The van der Waals surface area contributed by atoms with E-state index in [1.54, 1.807) is 6.26 Å². The van der Waals surface area contributed by atoms with E-state index in [2.05, 4.69) is 26.0 Å². The lowest BCUT2D eigenvalue weighted by Gasteiger charge is -1.93. The summed E-state index contributed by atoms with van der Waals surface area (Å²) >= 11 is 0. The molecule has 2 aromatic rings. The number of rotatable bonds is 1. The van der Waals surface area contributed by atoms with Crippen molar-refractivity contribution in [1.29, 1.82) is 0 Å². The molecule has 0 N–H and O–H groups in total. The van der Waals surface area contributed by atoms with Gasteiger partial charge in [-0.2, -0.15) is 0 Å². The minimum absolute atomic E-state index is 0.788. The summed E-state index contributed by atoms with van der Waals surface area (Å²) in [5.74, 6) is 0. The van der Waals surface area contributed by atoms with E-state index in [1.807, 2.05) is 6.07 Å². The largest absolute Gasteiger partial charge is 0.464 e. The lowest BCUT2D eigenvalue weighted by Crippen LogP contribution is -1.76. The van der Waals surface area contributed by atoms with Crippen molar-refractivity contribution in [3.05, 3.63) is 42.5 Å². The van der Waals surface area contributed by atoms with Crippen LogP contribution in [-0.4, -0.2) is 0 Å². The van der Waals surface area contributed by atoms with Crippen molar-refractivity contribution in [2.24, 2.45) is 0 Å². The lowest BCUT2D eigenvalue weighted by molar-refractivity contribution is 0.609. The first-order valence-corrected chi connectivity index (χ1v) is 4.08. The molecule has 1 aromatic carbocycles. The summed E-state index contributed by atoms with van der Waals surface area (Å²) in [5, 5.41) is 1.20. The fraction of sp³-hybridized carbons (Fsp3) is 0.182. The molecule has 0 atom stereocenters. The van der Waals surface area contributed by atoms with Gasteiger partial charge in [-0.15, -0.1) is 0 Å². The van der Waals surface area contributed by atoms with Crippen molar-refractivity contribution in [2.45, 2.75) is 13.3 Å². The Morgan fingerprint density at radius 1 is 1.42 bits per heavy atom. The molecule has 0 aliphatic heterocycles. The second-order valence-corrected chi connectivity index (χ2v) is 2.96. The number of aryl methyl sites for hydroxylation is 1. The quantitative estimate of drug-likeness (QED) is 0.623. The van der Waals surface area contributed by atoms with Crippen LogP contribution in [0.1, 0.15) is 11.1 Å². The second-order valence-electron chi connectivity index (χ2n) is 2.96. The fourth-order valence-electron chi connectivity index (χ4n) is 1.45. The van der Waals surface area contributed by atoms with Crippen molar-refractivity contribution < 1.29 is 4.42 Å². The highest BCUT2D eigenvalue weighted by Crippen LogP contribution is 2.23. The molecule has 2 rings (SSSR count). The molecule has 0 unspecified atom stereocenters. The summed E-state index contributed by atoms with van der Waals surface area (Å²) in [6.07, 6.45) is 2.58. The van der Waals surface area contributed by atoms with Crippen LogP contribution in [0.3, 0.4) is 0 Å². The summed E-state index contributed by atoms with van der Waals surface area (Å²) in [6.45, 7) is 5.90. The van der Waals surface area contributed by atoms with Crippen LogP contribution >= 0.6 is 0 Å². The van der Waals surface area contributed by atoms with Crippen molar-refractivity contribution in [3.63, 3.8) is 0 Å². The molecular formula is C11H11O. The molecule has 0 saturated heterocycles. The van der Waals surface area contributed by atoms with E-state index in [0.717, 1.165) is 12.0 Å². The van der Waals surface area contributed by atoms with Crippen molar-refractivity contribution in [3.8, 4) is 0 Å². The predicted molar refractivity (Wildman–Crippen MR) is 50.0 cm³/mol. The molecule has 0 spiro atoms. The molecule has 1 aromatic heterocycles. The SMILES string of the molecule is [CH2]Cc1coc2c(C)cccc12. The normalized spacial score (nSPS) is 10.8. The number of fused-ring (bicyclic) bond motifs is 1. The smallest absolute Gasteiger partial charge is 0.137 e. The standard InChI is InChI=1S/C11H11O/c1-3-9-7-12-11-8(2)5-4-6-10(9)11/h4-7H,1,3H2,2H3. The zero-order valence-corrected chi connectivity index (χ0v) is 7.13. The van der Waals surface area contributed by atoms with Crippen molar-refractivity contribution >= 4 is 11.0 Å². The monoisotopic (exact) mass is 159 g/mol.